The predicted octanol–water partition coefficient (Wildman–Crippen LogP) is -0.990. The van der Waals surface area contributed by atoms with E-state index in [1.165, 1.54) is 23.9 Å². The predicted molar refractivity (Wildman–Crippen MR) is 67.6 cm³/mol. The van der Waals surface area contributed by atoms with E-state index >= 15 is 0 Å². The molecule has 1 aromatic rings. The lowest BCUT2D eigenvalue weighted by atomic mass is 10.4. The van der Waals surface area contributed by atoms with Gasteiger partial charge in [0.15, 0.2) is 0 Å². The number of aryl methyl sites for hydroxylation is 1. The van der Waals surface area contributed by atoms with Crippen molar-refractivity contribution in [3.63, 3.8) is 0 Å². The topological polar surface area (TPSA) is 106 Å². The van der Waals surface area contributed by atoms with Crippen LogP contribution in [-0.4, -0.2) is 38.5 Å². The zero-order valence-electron chi connectivity index (χ0n) is 10.6. The van der Waals surface area contributed by atoms with Crippen molar-refractivity contribution in [3.05, 3.63) is 18.0 Å². The molecular formula is C10H18N4O3S. The van der Waals surface area contributed by atoms with Gasteiger partial charge in [-0.1, -0.05) is 0 Å². The van der Waals surface area contributed by atoms with E-state index in [1.807, 2.05) is 0 Å². The third kappa shape index (κ3) is 3.09. The van der Waals surface area contributed by atoms with Gasteiger partial charge in [-0.3, -0.25) is 4.79 Å². The summed E-state index contributed by atoms with van der Waals surface area (Å²) in [7, 11) is -0.554. The highest BCUT2D eigenvalue weighted by Crippen LogP contribution is 2.13. The summed E-state index contributed by atoms with van der Waals surface area (Å²) in [6, 6.07) is 0.961. The molecule has 1 amide bonds. The second kappa shape index (κ2) is 5.51. The quantitative estimate of drug-likeness (QED) is 0.641. The Morgan fingerprint density at radius 1 is 1.56 bits per heavy atom. The maximum Gasteiger partial charge on any atom is 0.267 e. The summed E-state index contributed by atoms with van der Waals surface area (Å²) in [6.45, 7) is 1.87. The number of amides is 1. The van der Waals surface area contributed by atoms with E-state index in [2.05, 4.69) is 10.0 Å². The minimum absolute atomic E-state index is 0.0453. The van der Waals surface area contributed by atoms with Gasteiger partial charge in [0.25, 0.3) is 5.91 Å². The molecule has 0 saturated carbocycles. The van der Waals surface area contributed by atoms with E-state index in [9.17, 15) is 13.2 Å². The number of aromatic nitrogens is 1. The maximum atomic E-state index is 12.0. The Bertz CT molecular complexity index is 535. The van der Waals surface area contributed by atoms with Crippen LogP contribution in [0.25, 0.3) is 0 Å². The molecule has 4 N–H and O–H groups in total. The summed E-state index contributed by atoms with van der Waals surface area (Å²) in [5.41, 5.74) is 5.64. The fraction of sp³-hybridized carbons (Fsp3) is 0.500. The lowest BCUT2D eigenvalue weighted by Gasteiger charge is -2.10. The molecule has 1 rings (SSSR count). The Morgan fingerprint density at radius 3 is 2.67 bits per heavy atom. The lowest BCUT2D eigenvalue weighted by Crippen LogP contribution is -2.37. The van der Waals surface area contributed by atoms with Gasteiger partial charge in [-0.05, 0) is 13.0 Å². The molecular weight excluding hydrogens is 256 g/mol. The Hall–Kier alpha value is -1.38. The molecule has 1 aromatic heterocycles. The van der Waals surface area contributed by atoms with Crippen LogP contribution in [0.2, 0.25) is 0 Å². The van der Waals surface area contributed by atoms with Gasteiger partial charge in [0.05, 0.1) is 0 Å². The smallest absolute Gasteiger partial charge is 0.267 e. The van der Waals surface area contributed by atoms with E-state index in [-0.39, 0.29) is 29.1 Å². The molecule has 0 bridgehead atoms. The van der Waals surface area contributed by atoms with Gasteiger partial charge in [-0.2, -0.15) is 0 Å². The molecule has 102 valence electrons. The van der Waals surface area contributed by atoms with E-state index in [4.69, 9.17) is 5.73 Å². The fourth-order valence-corrected chi connectivity index (χ4v) is 2.74. The molecule has 0 fully saturated rings. The Balaban J connectivity index is 3.08. The lowest BCUT2D eigenvalue weighted by molar-refractivity contribution is 0.0955. The van der Waals surface area contributed by atoms with Crippen molar-refractivity contribution in [2.45, 2.75) is 17.9 Å². The van der Waals surface area contributed by atoms with Gasteiger partial charge in [0.1, 0.15) is 10.6 Å². The number of hydrogen-bond donors (Lipinski definition) is 3. The van der Waals surface area contributed by atoms with Crippen LogP contribution in [0.5, 0.6) is 0 Å². The molecule has 0 radical (unpaired) electrons. The normalized spacial score (nSPS) is 13.3. The van der Waals surface area contributed by atoms with Crippen molar-refractivity contribution in [2.24, 2.45) is 12.8 Å². The highest BCUT2D eigenvalue weighted by atomic mass is 32.2. The van der Waals surface area contributed by atoms with Crippen LogP contribution in [0.4, 0.5) is 0 Å². The SMILES string of the molecule is CNC(=O)c1cc(S(=O)(=O)NC(C)CN)cn1C. The molecule has 0 aromatic carbocycles. The van der Waals surface area contributed by atoms with Crippen LogP contribution in [0.15, 0.2) is 17.2 Å². The van der Waals surface area contributed by atoms with E-state index in [0.717, 1.165) is 0 Å². The number of rotatable bonds is 5. The Morgan fingerprint density at radius 2 is 2.17 bits per heavy atom. The Labute approximate surface area is 106 Å². The second-order valence-corrected chi connectivity index (χ2v) is 5.72. The first-order valence-electron chi connectivity index (χ1n) is 5.42. The summed E-state index contributed by atoms with van der Waals surface area (Å²) in [4.78, 5) is 11.5. The summed E-state index contributed by atoms with van der Waals surface area (Å²) in [5.74, 6) is -0.342. The van der Waals surface area contributed by atoms with E-state index < -0.39 is 10.0 Å². The molecule has 1 heterocycles. The van der Waals surface area contributed by atoms with Crippen molar-refractivity contribution >= 4 is 15.9 Å². The summed E-state index contributed by atoms with van der Waals surface area (Å²) < 4.78 is 27.8. The first kappa shape index (κ1) is 14.7. The van der Waals surface area contributed by atoms with Gasteiger partial charge in [0, 0.05) is 32.9 Å². The summed E-state index contributed by atoms with van der Waals surface area (Å²) in [6.07, 6.45) is 1.39. The average Bonchev–Trinajstić information content (AvgIpc) is 2.70. The van der Waals surface area contributed by atoms with E-state index in [1.54, 1.807) is 14.0 Å². The van der Waals surface area contributed by atoms with Gasteiger partial charge in [-0.25, -0.2) is 13.1 Å². The molecule has 0 saturated heterocycles. The first-order chi connectivity index (χ1) is 8.31. The zero-order valence-corrected chi connectivity index (χ0v) is 11.4. The average molecular weight is 274 g/mol. The number of sulfonamides is 1. The van der Waals surface area contributed by atoms with Crippen LogP contribution in [0, 0.1) is 0 Å². The van der Waals surface area contributed by atoms with Crippen LogP contribution < -0.4 is 15.8 Å². The first-order valence-corrected chi connectivity index (χ1v) is 6.91. The third-order valence-electron chi connectivity index (χ3n) is 2.46. The molecule has 0 spiro atoms. The number of nitrogens with one attached hydrogen (secondary N) is 2. The molecule has 0 aliphatic carbocycles. The van der Waals surface area contributed by atoms with Crippen LogP contribution >= 0.6 is 0 Å². The van der Waals surface area contributed by atoms with Crippen molar-refractivity contribution in [1.82, 2.24) is 14.6 Å². The summed E-state index contributed by atoms with van der Waals surface area (Å²) in [5, 5.41) is 2.44. The van der Waals surface area contributed by atoms with Gasteiger partial charge < -0.3 is 15.6 Å². The number of nitrogens with two attached hydrogens (primary N) is 1. The standard InChI is InChI=1S/C10H18N4O3S/c1-7(5-11)13-18(16,17)8-4-9(10(15)12-2)14(3)6-8/h4,6-7,13H,5,11H2,1-3H3,(H,12,15). The van der Waals surface area contributed by atoms with Crippen molar-refractivity contribution < 1.29 is 13.2 Å². The minimum Gasteiger partial charge on any atom is -0.354 e. The number of hydrogen-bond acceptors (Lipinski definition) is 4. The third-order valence-corrected chi connectivity index (χ3v) is 4.02. The summed E-state index contributed by atoms with van der Waals surface area (Å²) >= 11 is 0. The highest BCUT2D eigenvalue weighted by Gasteiger charge is 2.21. The van der Waals surface area contributed by atoms with E-state index in [0.29, 0.717) is 0 Å². The van der Waals surface area contributed by atoms with Gasteiger partial charge in [0.2, 0.25) is 10.0 Å². The molecule has 1 unspecified atom stereocenters. The Kier molecular flexibility index (Phi) is 4.49. The second-order valence-electron chi connectivity index (χ2n) is 4.01. The van der Waals surface area contributed by atoms with Crippen LogP contribution in [0.3, 0.4) is 0 Å². The van der Waals surface area contributed by atoms with Crippen LogP contribution in [0.1, 0.15) is 17.4 Å². The van der Waals surface area contributed by atoms with Gasteiger partial charge >= 0.3 is 0 Å². The van der Waals surface area contributed by atoms with Crippen molar-refractivity contribution in [2.75, 3.05) is 13.6 Å². The molecule has 7 nitrogen and oxygen atoms in total. The maximum absolute atomic E-state index is 12.0. The molecule has 1 atom stereocenters. The number of carbonyl (C=O) groups excluding carboxylic acids is 1. The molecule has 0 aliphatic heterocycles. The monoisotopic (exact) mass is 274 g/mol. The zero-order chi connectivity index (χ0) is 13.9. The number of carbonyl (C=O) groups is 1. The minimum atomic E-state index is -3.65. The van der Waals surface area contributed by atoms with Crippen molar-refractivity contribution in [1.29, 1.82) is 0 Å². The van der Waals surface area contributed by atoms with Crippen LogP contribution in [-0.2, 0) is 17.1 Å². The fourth-order valence-electron chi connectivity index (χ4n) is 1.42. The molecule has 0 aliphatic rings. The van der Waals surface area contributed by atoms with Crippen molar-refractivity contribution in [3.8, 4) is 0 Å². The van der Waals surface area contributed by atoms with Gasteiger partial charge in [-0.15, -0.1) is 0 Å². The largest absolute Gasteiger partial charge is 0.354 e. The molecule has 8 heteroatoms. The number of nitrogens with zero attached hydrogens (tertiary/aromatic N) is 1. The molecule has 18 heavy (non-hydrogen) atoms. The highest BCUT2D eigenvalue weighted by molar-refractivity contribution is 7.89.